The predicted octanol–water partition coefficient (Wildman–Crippen LogP) is 3.91. The van der Waals surface area contributed by atoms with Crippen LogP contribution in [0.4, 0.5) is 13.6 Å². The van der Waals surface area contributed by atoms with Gasteiger partial charge in [-0.25, -0.2) is 4.79 Å². The molecule has 4 aliphatic rings. The number of halogens is 2. The number of piperidine rings is 1. The SMILES string of the molecule is NC(=O)NC[C@H](NC(=O)[C@@H]1CC[C@@H]2CCN(C(=O)CCCCCC#Cc3cccc4c3CN(C3CCC(=O)NC3=O)C4=O)C[C@H](NC(=O)c3cc4cc(C(F)(F)P(=O)(O)O)ccc4[nH]3)C(=O)N21)C(=O)NC(c1ccccc1)c1ccccc1. The summed E-state index contributed by atoms with van der Waals surface area (Å²) in [7, 11) is -5.94. The summed E-state index contributed by atoms with van der Waals surface area (Å²) in [5, 5.41) is 13.0. The number of aromatic nitrogens is 1. The zero-order valence-corrected chi connectivity index (χ0v) is 45.7. The molecular weight excluding hydrogens is 1100 g/mol. The second-order valence-corrected chi connectivity index (χ2v) is 22.5. The van der Waals surface area contributed by atoms with Gasteiger partial charge in [0.2, 0.25) is 35.4 Å². The van der Waals surface area contributed by atoms with Crippen molar-refractivity contribution >= 4 is 71.8 Å². The largest absolute Gasteiger partial charge is 0.399 e. The highest BCUT2D eigenvalue weighted by Gasteiger charge is 2.51. The smallest absolute Gasteiger partial charge is 0.352 e. The number of carbonyl (C=O) groups is 9. The molecule has 4 aliphatic heterocycles. The van der Waals surface area contributed by atoms with Crippen LogP contribution in [0, 0.1) is 11.8 Å². The average Bonchev–Trinajstić information content (AvgIpc) is 4.43. The Morgan fingerprint density at radius 3 is 2.25 bits per heavy atom. The van der Waals surface area contributed by atoms with E-state index in [-0.39, 0.29) is 92.5 Å². The zero-order chi connectivity index (χ0) is 59.2. The third-order valence-electron chi connectivity index (χ3n) is 15.4. The monoisotopic (exact) mass is 1160 g/mol. The van der Waals surface area contributed by atoms with E-state index in [9.17, 15) is 61.5 Å². The lowest BCUT2D eigenvalue weighted by Crippen LogP contribution is -2.62. The number of hydrogen-bond acceptors (Lipinski definition) is 10. The summed E-state index contributed by atoms with van der Waals surface area (Å²) in [6, 6.07) is 20.1. The summed E-state index contributed by atoms with van der Waals surface area (Å²) < 4.78 is 41.1. The molecule has 1 unspecified atom stereocenters. The number of carbonyl (C=O) groups excluding carboxylic acids is 9. The number of urea groups is 1. The normalized spacial score (nSPS) is 19.4. The molecule has 3 fully saturated rings. The number of nitrogens with zero attached hydrogens (tertiary/aromatic N) is 3. The van der Waals surface area contributed by atoms with Crippen molar-refractivity contribution in [1.82, 2.24) is 46.3 Å². The van der Waals surface area contributed by atoms with Crippen molar-refractivity contribution in [3.05, 3.63) is 142 Å². The Morgan fingerprint density at radius 2 is 1.57 bits per heavy atom. The Labute approximate surface area is 474 Å². The number of hydrogen-bond donors (Lipinski definition) is 9. The molecule has 4 aromatic carbocycles. The fraction of sp³-hybridized carbons (Fsp3) is 0.362. The Kier molecular flexibility index (Phi) is 17.8. The van der Waals surface area contributed by atoms with E-state index in [0.717, 1.165) is 35.4 Å². The van der Waals surface area contributed by atoms with Crippen LogP contribution in [-0.4, -0.2) is 133 Å². The lowest BCUT2D eigenvalue weighted by atomic mass is 9.98. The number of H-pyrrole nitrogens is 1. The molecule has 1 aromatic heterocycles. The van der Waals surface area contributed by atoms with E-state index in [4.69, 9.17) is 5.73 Å². The van der Waals surface area contributed by atoms with Crippen LogP contribution in [0.1, 0.15) is 119 Å². The number of primary amides is 1. The van der Waals surface area contributed by atoms with Crippen molar-refractivity contribution in [2.24, 2.45) is 5.73 Å². The Morgan fingerprint density at radius 1 is 0.843 bits per heavy atom. The molecule has 22 nitrogen and oxygen atoms in total. The van der Waals surface area contributed by atoms with Gasteiger partial charge in [-0.3, -0.25) is 48.2 Å². The Bertz CT molecular complexity index is 3440. The molecule has 3 saturated heterocycles. The number of nitrogens with one attached hydrogen (secondary N) is 6. The minimum absolute atomic E-state index is 0.00870. The first kappa shape index (κ1) is 58.9. The third-order valence-corrected chi connectivity index (χ3v) is 16.4. The second-order valence-electron chi connectivity index (χ2n) is 20.9. The molecule has 0 aliphatic carbocycles. The van der Waals surface area contributed by atoms with E-state index in [0.29, 0.717) is 42.4 Å². The van der Waals surface area contributed by atoms with Crippen LogP contribution in [0.3, 0.4) is 0 Å². The lowest BCUT2D eigenvalue weighted by molar-refractivity contribution is -0.145. The molecule has 83 heavy (non-hydrogen) atoms. The summed E-state index contributed by atoms with van der Waals surface area (Å²) in [6.45, 7) is -0.478. The summed E-state index contributed by atoms with van der Waals surface area (Å²) in [4.78, 5) is 147. The number of fused-ring (bicyclic) bond motifs is 3. The van der Waals surface area contributed by atoms with Crippen molar-refractivity contribution in [1.29, 1.82) is 0 Å². The van der Waals surface area contributed by atoms with Crippen LogP contribution in [0.5, 0.6) is 0 Å². The maximum atomic E-state index is 15.0. The van der Waals surface area contributed by atoms with E-state index in [1.165, 1.54) is 14.7 Å². The number of imide groups is 1. The second kappa shape index (κ2) is 25.2. The fourth-order valence-corrected chi connectivity index (χ4v) is 11.5. The van der Waals surface area contributed by atoms with Crippen LogP contribution in [0.2, 0.25) is 0 Å². The van der Waals surface area contributed by atoms with Gasteiger partial charge >= 0.3 is 19.3 Å². The summed E-state index contributed by atoms with van der Waals surface area (Å²) in [6.07, 6.45) is 3.16. The van der Waals surface area contributed by atoms with E-state index >= 15 is 4.79 Å². The minimum atomic E-state index is -5.94. The van der Waals surface area contributed by atoms with Gasteiger partial charge in [0.1, 0.15) is 29.9 Å². The lowest BCUT2D eigenvalue weighted by Gasteiger charge is -2.39. The molecule has 0 radical (unpaired) electrons. The molecule has 25 heteroatoms. The van der Waals surface area contributed by atoms with E-state index in [1.807, 2.05) is 36.4 Å². The number of alkyl halides is 2. The molecule has 5 aromatic rings. The quantitative estimate of drug-likeness (QED) is 0.0261. The van der Waals surface area contributed by atoms with E-state index < -0.39 is 97.2 Å². The number of benzene rings is 4. The molecule has 0 bridgehead atoms. The first-order valence-corrected chi connectivity index (χ1v) is 28.8. The fourth-order valence-electron chi connectivity index (χ4n) is 11.1. The molecule has 10 N–H and O–H groups in total. The van der Waals surface area contributed by atoms with Crippen molar-refractivity contribution in [3.63, 3.8) is 0 Å². The predicted molar refractivity (Wildman–Crippen MR) is 295 cm³/mol. The number of rotatable bonds is 18. The van der Waals surface area contributed by atoms with E-state index in [1.54, 1.807) is 42.5 Å². The van der Waals surface area contributed by atoms with Gasteiger partial charge in [0.25, 0.3) is 11.8 Å². The topological polar surface area (TPSA) is 323 Å². The standard InChI is InChI=1S/C58H61F2N10O12P/c59-58(60,83(80,81)82)38-21-23-42-37(29-38)30-43(63-42)51(73)65-45-33-68(49(72)20-11-3-1-2-6-13-34-18-12-19-40-41(34)32-69(55(40)77)46-25-26-48(71)66-53(46)75)28-27-39-22-24-47(70(39)56(45)78)54(76)64-44(31-62-57(61)79)52(74)67-50(35-14-7-4-8-15-35)36-16-9-5-10-17-36/h4-5,7-10,12,14-19,21,23,29-30,39,44-47,50,63H,1-3,11,20,22,24-28,31-33H2,(H,64,76)(H,65,73)(H,67,74)(H3,61,62,79)(H,66,71,75)(H2,80,81,82)/t39-,44+,45+,46?,47+/m1/s1. The van der Waals surface area contributed by atoms with Gasteiger partial charge in [0.05, 0.1) is 6.04 Å². The van der Waals surface area contributed by atoms with Crippen LogP contribution in [-0.2, 0) is 45.5 Å². The summed E-state index contributed by atoms with van der Waals surface area (Å²) in [5.41, 5.74) is 3.03. The minimum Gasteiger partial charge on any atom is -0.352 e. The van der Waals surface area contributed by atoms with Crippen LogP contribution < -0.4 is 32.3 Å². The molecule has 10 amide bonds. The molecule has 5 atom stereocenters. The van der Waals surface area contributed by atoms with Crippen molar-refractivity contribution in [2.75, 3.05) is 19.6 Å². The van der Waals surface area contributed by atoms with Crippen LogP contribution in [0.25, 0.3) is 10.9 Å². The Hall–Kier alpha value is -8.78. The molecule has 0 spiro atoms. The number of amides is 10. The van der Waals surface area contributed by atoms with Crippen molar-refractivity contribution in [2.45, 2.75) is 113 Å². The first-order valence-electron chi connectivity index (χ1n) is 27.2. The Balaban J connectivity index is 0.888. The molecule has 434 valence electrons. The highest BCUT2D eigenvalue weighted by Crippen LogP contribution is 2.59. The van der Waals surface area contributed by atoms with Gasteiger partial charge in [0, 0.05) is 79.1 Å². The maximum absolute atomic E-state index is 15.0. The van der Waals surface area contributed by atoms with Gasteiger partial charge in [-0.15, -0.1) is 0 Å². The molecular formula is C58H61F2N10O12P. The third kappa shape index (κ3) is 13.3. The van der Waals surface area contributed by atoms with Crippen LogP contribution in [0.15, 0.2) is 103 Å². The first-order chi connectivity index (χ1) is 39.7. The molecule has 0 saturated carbocycles. The van der Waals surface area contributed by atoms with E-state index in [2.05, 4.69) is 43.4 Å². The van der Waals surface area contributed by atoms with Gasteiger partial charge < -0.3 is 56.5 Å². The highest BCUT2D eigenvalue weighted by molar-refractivity contribution is 7.52. The van der Waals surface area contributed by atoms with Crippen molar-refractivity contribution < 1.29 is 66.3 Å². The number of aromatic amines is 1. The molecule has 5 heterocycles. The molecule has 9 rings (SSSR count). The highest BCUT2D eigenvalue weighted by atomic mass is 31.2. The number of nitrogens with two attached hydrogens (primary N) is 1. The number of unbranched alkanes of at least 4 members (excludes halogenated alkanes) is 3. The summed E-state index contributed by atoms with van der Waals surface area (Å²) >= 11 is 0. The average molecular weight is 1160 g/mol. The maximum Gasteiger partial charge on any atom is 0.399 e. The van der Waals surface area contributed by atoms with Crippen molar-refractivity contribution in [3.8, 4) is 11.8 Å². The zero-order valence-electron chi connectivity index (χ0n) is 44.8. The van der Waals surface area contributed by atoms with Gasteiger partial charge in [-0.1, -0.05) is 91.1 Å². The van der Waals surface area contributed by atoms with Crippen LogP contribution >= 0.6 is 7.60 Å². The van der Waals surface area contributed by atoms with Gasteiger partial charge in [0.15, 0.2) is 0 Å². The summed E-state index contributed by atoms with van der Waals surface area (Å²) in [5.74, 6) is 1.70. The van der Waals surface area contributed by atoms with Gasteiger partial charge in [-0.2, -0.15) is 8.78 Å². The van der Waals surface area contributed by atoms with Gasteiger partial charge in [-0.05, 0) is 85.5 Å².